The highest BCUT2D eigenvalue weighted by Gasteiger charge is 2.42. The van der Waals surface area contributed by atoms with Gasteiger partial charge in [0.15, 0.2) is 0 Å². The lowest BCUT2D eigenvalue weighted by Gasteiger charge is -2.38. The van der Waals surface area contributed by atoms with Crippen LogP contribution < -0.4 is 0 Å². The first-order valence-electron chi connectivity index (χ1n) is 7.53. The number of hydrogen-bond donors (Lipinski definition) is 1. The number of carbonyl (C=O) groups excluding carboxylic acids is 1. The molecule has 1 N–H and O–H groups in total. The van der Waals surface area contributed by atoms with Gasteiger partial charge < -0.3 is 14.9 Å². The van der Waals surface area contributed by atoms with E-state index in [0.717, 1.165) is 19.3 Å². The molecule has 0 saturated heterocycles. The average Bonchev–Trinajstić information content (AvgIpc) is 3.13. The zero-order chi connectivity index (χ0) is 15.5. The van der Waals surface area contributed by atoms with Crippen molar-refractivity contribution in [1.29, 1.82) is 0 Å². The summed E-state index contributed by atoms with van der Waals surface area (Å²) in [6, 6.07) is 0.169. The number of urea groups is 1. The average molecular weight is 284 g/mol. The molecule has 20 heavy (non-hydrogen) atoms. The van der Waals surface area contributed by atoms with E-state index in [4.69, 9.17) is 0 Å². The number of likely N-dealkylation sites (N-methyl/N-ethyl adjacent to an activating group) is 1. The zero-order valence-electron chi connectivity index (χ0n) is 13.3. The minimum Gasteiger partial charge on any atom is -0.480 e. The Morgan fingerprint density at radius 1 is 1.30 bits per heavy atom. The third kappa shape index (κ3) is 3.87. The zero-order valence-corrected chi connectivity index (χ0v) is 13.3. The van der Waals surface area contributed by atoms with Crippen molar-refractivity contribution >= 4 is 12.0 Å². The lowest BCUT2D eigenvalue weighted by atomic mass is 10.0. The largest absolute Gasteiger partial charge is 0.480 e. The molecular formula is C15H28N2O3. The molecule has 0 aromatic rings. The normalized spacial score (nSPS) is 15.3. The lowest BCUT2D eigenvalue weighted by Crippen LogP contribution is -2.57. The third-order valence-electron chi connectivity index (χ3n) is 3.93. The van der Waals surface area contributed by atoms with Gasteiger partial charge in [-0.25, -0.2) is 9.59 Å². The van der Waals surface area contributed by atoms with E-state index in [1.807, 2.05) is 11.8 Å². The molecule has 2 amide bonds. The molecule has 0 bridgehead atoms. The molecule has 0 heterocycles. The maximum absolute atomic E-state index is 12.7. The van der Waals surface area contributed by atoms with E-state index in [9.17, 15) is 14.7 Å². The number of carboxylic acid groups (broad SMARTS) is 1. The number of nitrogens with zero attached hydrogens (tertiary/aromatic N) is 2. The molecule has 5 heteroatoms. The Kier molecular flexibility index (Phi) is 5.42. The number of aliphatic carboxylic acids is 1. The Hall–Kier alpha value is -1.26. The topological polar surface area (TPSA) is 60.9 Å². The monoisotopic (exact) mass is 284 g/mol. The van der Waals surface area contributed by atoms with Crippen molar-refractivity contribution in [3.8, 4) is 0 Å². The highest BCUT2D eigenvalue weighted by Crippen LogP contribution is 2.30. The summed E-state index contributed by atoms with van der Waals surface area (Å²) >= 11 is 0. The van der Waals surface area contributed by atoms with Crippen LogP contribution in [0.25, 0.3) is 0 Å². The highest BCUT2D eigenvalue weighted by molar-refractivity contribution is 5.85. The molecule has 1 aliphatic rings. The van der Waals surface area contributed by atoms with Crippen molar-refractivity contribution in [2.24, 2.45) is 5.92 Å². The molecule has 1 fully saturated rings. The van der Waals surface area contributed by atoms with Gasteiger partial charge in [0.05, 0.1) is 0 Å². The Bertz CT molecular complexity index is 362. The molecule has 5 nitrogen and oxygen atoms in total. The highest BCUT2D eigenvalue weighted by atomic mass is 16.4. The fourth-order valence-electron chi connectivity index (χ4n) is 2.26. The number of amides is 2. The number of rotatable bonds is 7. The van der Waals surface area contributed by atoms with Crippen molar-refractivity contribution < 1.29 is 14.7 Å². The molecule has 0 aliphatic heterocycles. The van der Waals surface area contributed by atoms with Gasteiger partial charge in [-0.3, -0.25) is 0 Å². The van der Waals surface area contributed by atoms with E-state index in [1.54, 1.807) is 13.8 Å². The molecule has 0 atom stereocenters. The molecule has 0 aromatic heterocycles. The van der Waals surface area contributed by atoms with Gasteiger partial charge in [-0.2, -0.15) is 0 Å². The van der Waals surface area contributed by atoms with E-state index < -0.39 is 11.5 Å². The fraction of sp³-hybridized carbons (Fsp3) is 0.867. The second-order valence-electron chi connectivity index (χ2n) is 6.50. The molecule has 1 rings (SSSR count). The van der Waals surface area contributed by atoms with Gasteiger partial charge in [0.2, 0.25) is 0 Å². The first-order chi connectivity index (χ1) is 9.21. The molecule has 1 aliphatic carbocycles. The Morgan fingerprint density at radius 3 is 2.20 bits per heavy atom. The summed E-state index contributed by atoms with van der Waals surface area (Å²) in [5, 5.41) is 9.33. The Balaban J connectivity index is 2.83. The van der Waals surface area contributed by atoms with E-state index in [0.29, 0.717) is 25.0 Å². The van der Waals surface area contributed by atoms with Crippen LogP contribution in [0.2, 0.25) is 0 Å². The van der Waals surface area contributed by atoms with E-state index in [-0.39, 0.29) is 6.03 Å². The third-order valence-corrected chi connectivity index (χ3v) is 3.93. The van der Waals surface area contributed by atoms with Gasteiger partial charge in [-0.05, 0) is 46.0 Å². The summed E-state index contributed by atoms with van der Waals surface area (Å²) in [6.45, 7) is 10.4. The SMILES string of the molecule is CCN(C(=O)N(CCC(C)C)C1CC1)C(C)(C)C(=O)O. The summed E-state index contributed by atoms with van der Waals surface area (Å²) in [5.74, 6) is -0.432. The van der Waals surface area contributed by atoms with Crippen LogP contribution >= 0.6 is 0 Å². The van der Waals surface area contributed by atoms with Crippen LogP contribution in [0.5, 0.6) is 0 Å². The predicted molar refractivity (Wildman–Crippen MR) is 78.7 cm³/mol. The van der Waals surface area contributed by atoms with Gasteiger partial charge >= 0.3 is 12.0 Å². The van der Waals surface area contributed by atoms with Gasteiger partial charge in [0.25, 0.3) is 0 Å². The minimum absolute atomic E-state index is 0.136. The summed E-state index contributed by atoms with van der Waals surface area (Å²) in [5.41, 5.74) is -1.17. The summed E-state index contributed by atoms with van der Waals surface area (Å²) in [7, 11) is 0. The standard InChI is InChI=1S/C15H28N2O3/c1-6-17(15(4,5)13(18)19)14(20)16(12-7-8-12)10-9-11(2)3/h11-12H,6-10H2,1-5H3,(H,18,19). The first-order valence-corrected chi connectivity index (χ1v) is 7.53. The van der Waals surface area contributed by atoms with E-state index in [2.05, 4.69) is 13.8 Å². The molecule has 116 valence electrons. The summed E-state index contributed by atoms with van der Waals surface area (Å²) < 4.78 is 0. The van der Waals surface area contributed by atoms with Gasteiger partial charge in [-0.15, -0.1) is 0 Å². The van der Waals surface area contributed by atoms with Crippen LogP contribution in [0.1, 0.15) is 53.9 Å². The second kappa shape index (κ2) is 6.46. The smallest absolute Gasteiger partial charge is 0.329 e. The summed E-state index contributed by atoms with van der Waals surface area (Å²) in [4.78, 5) is 27.4. The molecule has 0 spiro atoms. The number of carboxylic acids is 1. The molecular weight excluding hydrogens is 256 g/mol. The Labute approximate surface area is 121 Å². The molecule has 0 unspecified atom stereocenters. The molecule has 0 aromatic carbocycles. The maximum Gasteiger partial charge on any atom is 0.329 e. The van der Waals surface area contributed by atoms with Crippen LogP contribution in [-0.4, -0.2) is 51.6 Å². The van der Waals surface area contributed by atoms with E-state index in [1.165, 1.54) is 4.90 Å². The van der Waals surface area contributed by atoms with Gasteiger partial charge in [0.1, 0.15) is 5.54 Å². The Morgan fingerprint density at radius 2 is 1.85 bits per heavy atom. The van der Waals surface area contributed by atoms with Crippen LogP contribution in [0.3, 0.4) is 0 Å². The van der Waals surface area contributed by atoms with Crippen LogP contribution in [-0.2, 0) is 4.79 Å². The van der Waals surface area contributed by atoms with Gasteiger partial charge in [-0.1, -0.05) is 13.8 Å². The molecule has 1 saturated carbocycles. The van der Waals surface area contributed by atoms with Gasteiger partial charge in [0, 0.05) is 19.1 Å². The first kappa shape index (κ1) is 16.8. The van der Waals surface area contributed by atoms with Crippen molar-refractivity contribution in [2.45, 2.75) is 65.5 Å². The predicted octanol–water partition coefficient (Wildman–Crippen LogP) is 2.80. The van der Waals surface area contributed by atoms with Crippen LogP contribution in [0.15, 0.2) is 0 Å². The van der Waals surface area contributed by atoms with E-state index >= 15 is 0 Å². The fourth-order valence-corrected chi connectivity index (χ4v) is 2.26. The summed E-state index contributed by atoms with van der Waals surface area (Å²) in [6.07, 6.45) is 3.02. The lowest BCUT2D eigenvalue weighted by molar-refractivity contribution is -0.147. The van der Waals surface area contributed by atoms with Crippen molar-refractivity contribution in [1.82, 2.24) is 9.80 Å². The van der Waals surface area contributed by atoms with Crippen molar-refractivity contribution in [3.63, 3.8) is 0 Å². The van der Waals surface area contributed by atoms with Crippen molar-refractivity contribution in [2.75, 3.05) is 13.1 Å². The molecule has 0 radical (unpaired) electrons. The van der Waals surface area contributed by atoms with Crippen LogP contribution in [0.4, 0.5) is 4.79 Å². The second-order valence-corrected chi connectivity index (χ2v) is 6.50. The number of carbonyl (C=O) groups is 2. The van der Waals surface area contributed by atoms with Crippen LogP contribution in [0, 0.1) is 5.92 Å². The quantitative estimate of drug-likeness (QED) is 0.782. The van der Waals surface area contributed by atoms with Crippen molar-refractivity contribution in [3.05, 3.63) is 0 Å². The maximum atomic E-state index is 12.7. The number of hydrogen-bond acceptors (Lipinski definition) is 2. The minimum atomic E-state index is -1.17.